The summed E-state index contributed by atoms with van der Waals surface area (Å²) in [5.41, 5.74) is 6.64. The highest BCUT2D eigenvalue weighted by molar-refractivity contribution is 6.35. The topological polar surface area (TPSA) is 61.0 Å². The van der Waals surface area contributed by atoms with Gasteiger partial charge in [-0.15, -0.1) is 0 Å². The standard InChI is InChI=1S/C24H25Cl3N4O/c25-18-10-8-17(9-11-18)22-21(6-4-5-16-7-12-19(26)15-20(16)27)28-23(29-22)24(32)30-31-13-2-1-3-14-31/h7-12,15H,1-6,13-14H2,(H,28,29)(H,30,32). The zero-order valence-electron chi connectivity index (χ0n) is 17.6. The maximum absolute atomic E-state index is 12.8. The number of halogens is 3. The molecular formula is C24H25Cl3N4O. The quantitative estimate of drug-likeness (QED) is 0.405. The molecule has 2 aromatic carbocycles. The number of aryl methyl sites for hydroxylation is 2. The Morgan fingerprint density at radius 2 is 1.69 bits per heavy atom. The van der Waals surface area contributed by atoms with E-state index in [2.05, 4.69) is 15.4 Å². The fourth-order valence-electron chi connectivity index (χ4n) is 3.93. The first-order valence-electron chi connectivity index (χ1n) is 10.8. The monoisotopic (exact) mass is 490 g/mol. The lowest BCUT2D eigenvalue weighted by Gasteiger charge is -2.26. The summed E-state index contributed by atoms with van der Waals surface area (Å²) in [6.45, 7) is 1.73. The summed E-state index contributed by atoms with van der Waals surface area (Å²) < 4.78 is 0. The smallest absolute Gasteiger partial charge is 0.301 e. The van der Waals surface area contributed by atoms with E-state index in [1.165, 1.54) is 6.42 Å². The molecule has 0 atom stereocenters. The Morgan fingerprint density at radius 1 is 0.969 bits per heavy atom. The van der Waals surface area contributed by atoms with E-state index in [9.17, 15) is 4.79 Å². The Labute approximate surface area is 203 Å². The van der Waals surface area contributed by atoms with Crippen LogP contribution in [-0.2, 0) is 12.8 Å². The van der Waals surface area contributed by atoms with Crippen molar-refractivity contribution in [3.63, 3.8) is 0 Å². The van der Waals surface area contributed by atoms with Gasteiger partial charge in [0, 0.05) is 39.4 Å². The summed E-state index contributed by atoms with van der Waals surface area (Å²) >= 11 is 18.4. The van der Waals surface area contributed by atoms with Crippen molar-refractivity contribution in [3.05, 3.63) is 74.6 Å². The highest BCUT2D eigenvalue weighted by Gasteiger charge is 2.20. The molecule has 1 aliphatic heterocycles. The molecule has 1 aromatic heterocycles. The van der Waals surface area contributed by atoms with Gasteiger partial charge in [-0.25, -0.2) is 9.99 Å². The number of nitrogens with one attached hydrogen (secondary N) is 2. The average Bonchev–Trinajstić information content (AvgIpc) is 3.21. The van der Waals surface area contributed by atoms with Crippen LogP contribution in [0, 0.1) is 0 Å². The predicted molar refractivity (Wildman–Crippen MR) is 130 cm³/mol. The number of rotatable bonds is 7. The molecule has 0 saturated carbocycles. The second-order valence-corrected chi connectivity index (χ2v) is 9.28. The molecule has 2 N–H and O–H groups in total. The molecule has 0 radical (unpaired) electrons. The van der Waals surface area contributed by atoms with E-state index in [0.29, 0.717) is 20.9 Å². The minimum absolute atomic E-state index is 0.214. The minimum atomic E-state index is -0.214. The number of nitrogens with zero attached hydrogens (tertiary/aromatic N) is 2. The molecular weight excluding hydrogens is 467 g/mol. The molecule has 0 unspecified atom stereocenters. The van der Waals surface area contributed by atoms with E-state index in [1.807, 2.05) is 41.4 Å². The molecule has 8 heteroatoms. The molecule has 1 amide bonds. The molecule has 4 rings (SSSR count). The zero-order chi connectivity index (χ0) is 22.5. The summed E-state index contributed by atoms with van der Waals surface area (Å²) in [6.07, 6.45) is 5.75. The van der Waals surface area contributed by atoms with Gasteiger partial charge in [0.1, 0.15) is 0 Å². The second-order valence-electron chi connectivity index (χ2n) is 8.00. The number of carbonyl (C=O) groups excluding carboxylic acids is 1. The third-order valence-electron chi connectivity index (χ3n) is 5.62. The Kier molecular flexibility index (Phi) is 7.74. The Hall–Kier alpha value is -2.05. The van der Waals surface area contributed by atoms with E-state index in [1.54, 1.807) is 6.07 Å². The summed E-state index contributed by atoms with van der Waals surface area (Å²) in [5, 5.41) is 3.92. The molecule has 32 heavy (non-hydrogen) atoms. The maximum Gasteiger partial charge on any atom is 0.301 e. The van der Waals surface area contributed by atoms with Crippen LogP contribution in [0.5, 0.6) is 0 Å². The Morgan fingerprint density at radius 3 is 2.41 bits per heavy atom. The number of hydrazine groups is 1. The van der Waals surface area contributed by atoms with Crippen molar-refractivity contribution in [1.29, 1.82) is 0 Å². The number of carbonyl (C=O) groups is 1. The summed E-state index contributed by atoms with van der Waals surface area (Å²) in [4.78, 5) is 20.7. The molecule has 2 heterocycles. The molecule has 5 nitrogen and oxygen atoms in total. The van der Waals surface area contributed by atoms with Gasteiger partial charge in [-0.2, -0.15) is 0 Å². The van der Waals surface area contributed by atoms with Crippen molar-refractivity contribution >= 4 is 40.7 Å². The van der Waals surface area contributed by atoms with Gasteiger partial charge < -0.3 is 4.98 Å². The van der Waals surface area contributed by atoms with Crippen LogP contribution < -0.4 is 5.43 Å². The highest BCUT2D eigenvalue weighted by atomic mass is 35.5. The normalized spacial score (nSPS) is 14.5. The average molecular weight is 492 g/mol. The van der Waals surface area contributed by atoms with E-state index >= 15 is 0 Å². The van der Waals surface area contributed by atoms with Gasteiger partial charge in [0.15, 0.2) is 5.82 Å². The predicted octanol–water partition coefficient (Wildman–Crippen LogP) is 6.34. The van der Waals surface area contributed by atoms with Gasteiger partial charge in [-0.05, 0) is 61.9 Å². The van der Waals surface area contributed by atoms with Crippen molar-refractivity contribution in [1.82, 2.24) is 20.4 Å². The lowest BCUT2D eigenvalue weighted by atomic mass is 10.0. The van der Waals surface area contributed by atoms with Gasteiger partial charge in [-0.1, -0.05) is 59.4 Å². The zero-order valence-corrected chi connectivity index (χ0v) is 19.9. The number of aromatic nitrogens is 2. The summed E-state index contributed by atoms with van der Waals surface area (Å²) in [5.74, 6) is 0.106. The van der Waals surface area contributed by atoms with Crippen LogP contribution in [0.2, 0.25) is 15.1 Å². The van der Waals surface area contributed by atoms with Gasteiger partial charge in [-0.3, -0.25) is 10.2 Å². The van der Waals surface area contributed by atoms with Crippen molar-refractivity contribution in [3.8, 4) is 11.3 Å². The molecule has 0 aliphatic carbocycles. The molecule has 0 bridgehead atoms. The number of hydrogen-bond acceptors (Lipinski definition) is 3. The molecule has 168 valence electrons. The van der Waals surface area contributed by atoms with Crippen LogP contribution in [0.25, 0.3) is 11.3 Å². The second kappa shape index (κ2) is 10.7. The van der Waals surface area contributed by atoms with Crippen molar-refractivity contribution in [2.75, 3.05) is 13.1 Å². The van der Waals surface area contributed by atoms with Crippen molar-refractivity contribution in [2.45, 2.75) is 38.5 Å². The fourth-order valence-corrected chi connectivity index (χ4v) is 4.56. The Bertz CT molecular complexity index is 1080. The molecule has 1 fully saturated rings. The lowest BCUT2D eigenvalue weighted by molar-refractivity contribution is 0.0740. The SMILES string of the molecule is O=C(NN1CCCCC1)c1nc(-c2ccc(Cl)cc2)c(CCCc2ccc(Cl)cc2Cl)[nH]1. The number of H-pyrrole nitrogens is 1. The third-order valence-corrected chi connectivity index (χ3v) is 6.45. The summed E-state index contributed by atoms with van der Waals surface area (Å²) in [6, 6.07) is 13.1. The van der Waals surface area contributed by atoms with E-state index in [4.69, 9.17) is 34.8 Å². The highest BCUT2D eigenvalue weighted by Crippen LogP contribution is 2.26. The maximum atomic E-state index is 12.8. The number of imidazole rings is 1. The van der Waals surface area contributed by atoms with Gasteiger partial charge in [0.2, 0.25) is 0 Å². The number of hydrogen-bond donors (Lipinski definition) is 2. The van der Waals surface area contributed by atoms with Crippen molar-refractivity contribution < 1.29 is 4.79 Å². The van der Waals surface area contributed by atoms with Crippen LogP contribution in [0.1, 0.15) is 47.6 Å². The van der Waals surface area contributed by atoms with Crippen LogP contribution in [0.15, 0.2) is 42.5 Å². The Balaban J connectivity index is 1.52. The van der Waals surface area contributed by atoms with Crippen LogP contribution >= 0.6 is 34.8 Å². The van der Waals surface area contributed by atoms with Crippen LogP contribution in [0.3, 0.4) is 0 Å². The molecule has 3 aromatic rings. The van der Waals surface area contributed by atoms with Gasteiger partial charge in [0.05, 0.1) is 5.69 Å². The van der Waals surface area contributed by atoms with Gasteiger partial charge >= 0.3 is 5.91 Å². The number of benzene rings is 2. The van der Waals surface area contributed by atoms with Crippen LogP contribution in [-0.4, -0.2) is 34.0 Å². The fraction of sp³-hybridized carbons (Fsp3) is 0.333. The van der Waals surface area contributed by atoms with E-state index in [-0.39, 0.29) is 5.91 Å². The van der Waals surface area contributed by atoms with E-state index in [0.717, 1.165) is 67.7 Å². The van der Waals surface area contributed by atoms with E-state index < -0.39 is 0 Å². The lowest BCUT2D eigenvalue weighted by Crippen LogP contribution is -2.45. The minimum Gasteiger partial charge on any atom is -0.337 e. The number of amides is 1. The number of piperidine rings is 1. The number of aromatic amines is 1. The summed E-state index contributed by atoms with van der Waals surface area (Å²) in [7, 11) is 0. The first-order chi connectivity index (χ1) is 15.5. The largest absolute Gasteiger partial charge is 0.337 e. The first-order valence-corrected chi connectivity index (χ1v) is 12.0. The third kappa shape index (κ3) is 5.84. The first kappa shape index (κ1) is 23.1. The molecule has 1 aliphatic rings. The van der Waals surface area contributed by atoms with Gasteiger partial charge in [0.25, 0.3) is 0 Å². The molecule has 1 saturated heterocycles. The molecule has 0 spiro atoms. The van der Waals surface area contributed by atoms with Crippen molar-refractivity contribution in [2.24, 2.45) is 0 Å². The van der Waals surface area contributed by atoms with Crippen LogP contribution in [0.4, 0.5) is 0 Å².